The first-order valence-corrected chi connectivity index (χ1v) is 15.2. The van der Waals surface area contributed by atoms with Crippen LogP contribution in [0.25, 0.3) is 11.1 Å². The third-order valence-corrected chi connectivity index (χ3v) is 7.29. The number of nitrogen functional groups attached to an aromatic ring is 1. The highest BCUT2D eigenvalue weighted by Crippen LogP contribution is 2.31. The molecule has 0 saturated carbocycles. The number of nitrogens with two attached hydrogens (primary N) is 1. The molecule has 244 valence electrons. The lowest BCUT2D eigenvalue weighted by atomic mass is 9.95. The summed E-state index contributed by atoms with van der Waals surface area (Å²) in [5.74, 6) is -1.12. The van der Waals surface area contributed by atoms with Crippen LogP contribution < -0.4 is 26.4 Å². The maximum Gasteiger partial charge on any atom is 0.339 e. The third-order valence-electron chi connectivity index (χ3n) is 7.29. The first-order chi connectivity index (χ1) is 22.6. The van der Waals surface area contributed by atoms with Gasteiger partial charge in [-0.05, 0) is 73.0 Å². The number of carbonyl (C=O) groups excluding carboxylic acids is 3. The fraction of sp³-hybridized carbons (Fsp3) is 0.250. The molecule has 1 atom stereocenters. The predicted molar refractivity (Wildman–Crippen MR) is 182 cm³/mol. The van der Waals surface area contributed by atoms with E-state index in [1.54, 1.807) is 48.5 Å². The Morgan fingerprint density at radius 1 is 0.894 bits per heavy atom. The first kappa shape index (κ1) is 34.3. The number of esters is 1. The number of methoxy groups -OCH3 is 1. The lowest BCUT2D eigenvalue weighted by molar-refractivity contribution is 0.0473. The molecule has 11 nitrogen and oxygen atoms in total. The summed E-state index contributed by atoms with van der Waals surface area (Å²) in [4.78, 5) is 45.2. The van der Waals surface area contributed by atoms with Crippen LogP contribution in [0.3, 0.4) is 0 Å². The summed E-state index contributed by atoms with van der Waals surface area (Å²) in [5, 5.41) is 16.6. The number of likely N-dealkylation sites (N-methyl/N-ethyl adjacent to an activating group) is 1. The number of benzene rings is 3. The standard InChI is InChI=1S/C36H40N6O5/c1-22(2)18-27(20-39-3)41-34(43)25-12-15-28(30(19-25)36(45)47-21-23-8-6-5-7-9-23)29-16-17-31(46-4)42-32(29)35(44)40-26-13-10-24(11-14-26)33(37)38/h5-17,19,22,27,39H,18,20-21H2,1-4H3,(H3,37,38)(H,40,44)(H,41,43). The molecule has 0 saturated heterocycles. The first-order valence-electron chi connectivity index (χ1n) is 15.2. The summed E-state index contributed by atoms with van der Waals surface area (Å²) >= 11 is 0. The van der Waals surface area contributed by atoms with Gasteiger partial charge in [0.15, 0.2) is 0 Å². The average molecular weight is 637 g/mol. The van der Waals surface area contributed by atoms with Gasteiger partial charge < -0.3 is 31.2 Å². The molecule has 0 spiro atoms. The zero-order valence-electron chi connectivity index (χ0n) is 26.9. The Bertz CT molecular complexity index is 1720. The summed E-state index contributed by atoms with van der Waals surface area (Å²) in [7, 11) is 3.26. The van der Waals surface area contributed by atoms with Crippen molar-refractivity contribution in [1.29, 1.82) is 5.41 Å². The number of hydrogen-bond acceptors (Lipinski definition) is 8. The van der Waals surface area contributed by atoms with Crippen molar-refractivity contribution in [3.63, 3.8) is 0 Å². The molecule has 1 unspecified atom stereocenters. The van der Waals surface area contributed by atoms with Crippen LogP contribution in [0.4, 0.5) is 5.69 Å². The molecule has 1 heterocycles. The number of anilines is 1. The Balaban J connectivity index is 1.74. The summed E-state index contributed by atoms with van der Waals surface area (Å²) < 4.78 is 11.0. The fourth-order valence-electron chi connectivity index (χ4n) is 5.04. The van der Waals surface area contributed by atoms with E-state index in [2.05, 4.69) is 34.8 Å². The second-order valence-electron chi connectivity index (χ2n) is 11.4. The molecule has 0 radical (unpaired) electrons. The van der Waals surface area contributed by atoms with Crippen molar-refractivity contribution in [2.75, 3.05) is 26.0 Å². The molecular weight excluding hydrogens is 596 g/mol. The molecule has 11 heteroatoms. The second-order valence-corrected chi connectivity index (χ2v) is 11.4. The van der Waals surface area contributed by atoms with Gasteiger partial charge in [0.2, 0.25) is 5.88 Å². The van der Waals surface area contributed by atoms with E-state index in [0.717, 1.165) is 12.0 Å². The topological polar surface area (TPSA) is 169 Å². The summed E-state index contributed by atoms with van der Waals surface area (Å²) in [6.07, 6.45) is 0.768. The van der Waals surface area contributed by atoms with E-state index in [9.17, 15) is 14.4 Å². The van der Waals surface area contributed by atoms with Crippen molar-refractivity contribution < 1.29 is 23.9 Å². The van der Waals surface area contributed by atoms with Crippen molar-refractivity contribution in [1.82, 2.24) is 15.6 Å². The highest BCUT2D eigenvalue weighted by molar-refractivity contribution is 6.10. The summed E-state index contributed by atoms with van der Waals surface area (Å²) in [6.45, 7) is 4.77. The maximum absolute atomic E-state index is 13.7. The van der Waals surface area contributed by atoms with Crippen LogP contribution in [0.2, 0.25) is 0 Å². The van der Waals surface area contributed by atoms with Gasteiger partial charge in [-0.1, -0.05) is 50.2 Å². The number of rotatable bonds is 14. The minimum absolute atomic E-state index is 0.0125. The van der Waals surface area contributed by atoms with Crippen LogP contribution in [-0.2, 0) is 11.3 Å². The predicted octanol–water partition coefficient (Wildman–Crippen LogP) is 5.01. The largest absolute Gasteiger partial charge is 0.481 e. The van der Waals surface area contributed by atoms with Crippen LogP contribution in [0.5, 0.6) is 5.88 Å². The van der Waals surface area contributed by atoms with Gasteiger partial charge in [-0.3, -0.25) is 15.0 Å². The molecule has 0 aliphatic rings. The minimum atomic E-state index is -0.672. The van der Waals surface area contributed by atoms with Gasteiger partial charge in [-0.25, -0.2) is 9.78 Å². The number of amides is 2. The number of carbonyl (C=O) groups is 3. The molecule has 3 aromatic carbocycles. The van der Waals surface area contributed by atoms with Crippen molar-refractivity contribution in [2.45, 2.75) is 32.9 Å². The molecule has 0 fully saturated rings. The number of ether oxygens (including phenoxy) is 2. The Labute approximate surface area is 274 Å². The van der Waals surface area contributed by atoms with Crippen molar-refractivity contribution >= 4 is 29.3 Å². The SMILES string of the molecule is CNCC(CC(C)C)NC(=O)c1ccc(-c2ccc(OC)nc2C(=O)Nc2ccc(C(=N)N)cc2)c(C(=O)OCc2ccccc2)c1. The van der Waals surface area contributed by atoms with Gasteiger partial charge in [0.25, 0.3) is 11.8 Å². The van der Waals surface area contributed by atoms with Crippen LogP contribution in [0, 0.1) is 11.3 Å². The number of amidine groups is 1. The zero-order chi connectivity index (χ0) is 33.9. The molecular formula is C36H40N6O5. The van der Waals surface area contributed by atoms with Gasteiger partial charge in [0.1, 0.15) is 18.1 Å². The molecule has 0 bridgehead atoms. The quantitative estimate of drug-likeness (QED) is 0.0731. The number of hydrogen-bond donors (Lipinski definition) is 5. The van der Waals surface area contributed by atoms with Gasteiger partial charge in [-0.15, -0.1) is 0 Å². The van der Waals surface area contributed by atoms with E-state index >= 15 is 0 Å². The monoisotopic (exact) mass is 636 g/mol. The smallest absolute Gasteiger partial charge is 0.339 e. The Morgan fingerprint density at radius 3 is 2.21 bits per heavy atom. The highest BCUT2D eigenvalue weighted by Gasteiger charge is 2.24. The Kier molecular flexibility index (Phi) is 11.8. The molecule has 47 heavy (non-hydrogen) atoms. The van der Waals surface area contributed by atoms with Crippen molar-refractivity contribution in [3.8, 4) is 17.0 Å². The lowest BCUT2D eigenvalue weighted by Gasteiger charge is -2.21. The summed E-state index contributed by atoms with van der Waals surface area (Å²) in [5.41, 5.74) is 8.33. The molecule has 2 amide bonds. The van der Waals surface area contributed by atoms with Crippen molar-refractivity contribution in [2.24, 2.45) is 11.7 Å². The maximum atomic E-state index is 13.7. The zero-order valence-corrected chi connectivity index (χ0v) is 26.9. The number of aromatic nitrogens is 1. The van der Waals surface area contributed by atoms with Gasteiger partial charge in [-0.2, -0.15) is 0 Å². The normalized spacial score (nSPS) is 11.4. The van der Waals surface area contributed by atoms with Gasteiger partial charge in [0, 0.05) is 41.0 Å². The van der Waals surface area contributed by atoms with Crippen LogP contribution in [0.1, 0.15) is 62.6 Å². The second kappa shape index (κ2) is 16.1. The molecule has 4 aromatic rings. The van der Waals surface area contributed by atoms with Crippen LogP contribution in [0.15, 0.2) is 84.9 Å². The van der Waals surface area contributed by atoms with E-state index in [1.165, 1.54) is 13.2 Å². The third kappa shape index (κ3) is 9.24. The van der Waals surface area contributed by atoms with Gasteiger partial charge >= 0.3 is 5.97 Å². The molecule has 0 aliphatic heterocycles. The van der Waals surface area contributed by atoms with E-state index in [0.29, 0.717) is 34.8 Å². The molecule has 4 rings (SSSR count). The van der Waals surface area contributed by atoms with E-state index in [1.807, 2.05) is 37.4 Å². The number of nitrogens with zero attached hydrogens (tertiary/aromatic N) is 1. The van der Waals surface area contributed by atoms with Crippen LogP contribution >= 0.6 is 0 Å². The number of pyridine rings is 1. The van der Waals surface area contributed by atoms with Crippen LogP contribution in [-0.4, -0.2) is 55.3 Å². The number of nitrogens with one attached hydrogen (secondary N) is 4. The lowest BCUT2D eigenvalue weighted by Crippen LogP contribution is -2.42. The average Bonchev–Trinajstić information content (AvgIpc) is 3.07. The Hall–Kier alpha value is -5.55. The Morgan fingerprint density at radius 2 is 1.57 bits per heavy atom. The van der Waals surface area contributed by atoms with E-state index in [-0.39, 0.29) is 47.1 Å². The minimum Gasteiger partial charge on any atom is -0.481 e. The van der Waals surface area contributed by atoms with Crippen molar-refractivity contribution in [3.05, 3.63) is 113 Å². The fourth-order valence-corrected chi connectivity index (χ4v) is 5.04. The molecule has 1 aromatic heterocycles. The summed E-state index contributed by atoms with van der Waals surface area (Å²) in [6, 6.07) is 23.5. The van der Waals surface area contributed by atoms with E-state index in [4.69, 9.17) is 20.6 Å². The highest BCUT2D eigenvalue weighted by atomic mass is 16.5. The van der Waals surface area contributed by atoms with E-state index < -0.39 is 11.9 Å². The molecule has 6 N–H and O–H groups in total. The molecule has 0 aliphatic carbocycles. The van der Waals surface area contributed by atoms with Gasteiger partial charge in [0.05, 0.1) is 12.7 Å².